The number of fused-ring (bicyclic) bond motifs is 1. The largest absolute Gasteiger partial charge is 0.489 e. The molecule has 2 heterocycles. The minimum Gasteiger partial charge on any atom is -0.489 e. The maximum Gasteiger partial charge on any atom is 0.255 e. The Bertz CT molecular complexity index is 1400. The van der Waals surface area contributed by atoms with Crippen molar-refractivity contribution >= 4 is 40.7 Å². The molecule has 1 amide bonds. The fraction of sp³-hybridized carbons (Fsp3) is 0.115. The van der Waals surface area contributed by atoms with Crippen LogP contribution in [0.1, 0.15) is 24.1 Å². The zero-order valence-corrected chi connectivity index (χ0v) is 20.2. The smallest absolute Gasteiger partial charge is 0.255 e. The molecular weight excluding hydrogens is 485 g/mol. The Kier molecular flexibility index (Phi) is 6.44. The van der Waals surface area contributed by atoms with Crippen LogP contribution >= 0.6 is 23.2 Å². The highest BCUT2D eigenvalue weighted by atomic mass is 35.5. The molecule has 0 saturated carbocycles. The van der Waals surface area contributed by atoms with Crippen molar-refractivity contribution in [3.8, 4) is 5.75 Å². The van der Waals surface area contributed by atoms with Gasteiger partial charge in [-0.2, -0.15) is 10.1 Å². The molecule has 5 rings (SSSR count). The fourth-order valence-corrected chi connectivity index (χ4v) is 4.42. The number of halogens is 2. The summed E-state index contributed by atoms with van der Waals surface area (Å²) in [4.78, 5) is 17.6. The first-order chi connectivity index (χ1) is 17.0. The van der Waals surface area contributed by atoms with Crippen LogP contribution in [0.2, 0.25) is 10.0 Å². The summed E-state index contributed by atoms with van der Waals surface area (Å²) in [7, 11) is 0. The average Bonchev–Trinajstić information content (AvgIpc) is 3.31. The molecule has 4 aromatic rings. The fourth-order valence-electron chi connectivity index (χ4n) is 3.96. The minimum absolute atomic E-state index is 0.218. The number of nitrogens with one attached hydrogen (secondary N) is 2. The lowest BCUT2D eigenvalue weighted by atomic mass is 9.95. The molecule has 1 atom stereocenters. The monoisotopic (exact) mass is 505 g/mol. The zero-order chi connectivity index (χ0) is 24.4. The lowest BCUT2D eigenvalue weighted by Gasteiger charge is -2.28. The average molecular weight is 506 g/mol. The van der Waals surface area contributed by atoms with E-state index in [1.165, 1.54) is 6.33 Å². The van der Waals surface area contributed by atoms with Crippen LogP contribution in [0.4, 0.5) is 11.6 Å². The molecule has 35 heavy (non-hydrogen) atoms. The molecule has 0 unspecified atom stereocenters. The predicted molar refractivity (Wildman–Crippen MR) is 137 cm³/mol. The van der Waals surface area contributed by atoms with Crippen molar-refractivity contribution < 1.29 is 9.53 Å². The molecule has 1 aliphatic heterocycles. The number of carbonyl (C=O) groups is 1. The van der Waals surface area contributed by atoms with E-state index in [4.69, 9.17) is 27.9 Å². The van der Waals surface area contributed by atoms with Crippen molar-refractivity contribution in [1.82, 2.24) is 14.8 Å². The van der Waals surface area contributed by atoms with E-state index in [9.17, 15) is 4.79 Å². The van der Waals surface area contributed by atoms with Crippen LogP contribution < -0.4 is 15.4 Å². The minimum atomic E-state index is -0.461. The number of aromatic nitrogens is 3. The van der Waals surface area contributed by atoms with Crippen molar-refractivity contribution in [3.63, 3.8) is 0 Å². The molecule has 0 bridgehead atoms. The first kappa shape index (κ1) is 23.0. The van der Waals surface area contributed by atoms with Crippen LogP contribution in [0, 0.1) is 0 Å². The number of nitrogens with zero attached hydrogens (tertiary/aromatic N) is 3. The Morgan fingerprint density at radius 2 is 1.86 bits per heavy atom. The Labute approximate surface area is 212 Å². The van der Waals surface area contributed by atoms with Crippen molar-refractivity contribution in [2.75, 3.05) is 10.6 Å². The first-order valence-corrected chi connectivity index (χ1v) is 11.7. The van der Waals surface area contributed by atoms with Crippen LogP contribution in [0.5, 0.6) is 5.75 Å². The van der Waals surface area contributed by atoms with Crippen LogP contribution in [-0.2, 0) is 11.4 Å². The van der Waals surface area contributed by atoms with Crippen LogP contribution in [-0.4, -0.2) is 20.7 Å². The number of amides is 1. The van der Waals surface area contributed by atoms with Gasteiger partial charge in [-0.1, -0.05) is 59.6 Å². The highest BCUT2D eigenvalue weighted by Gasteiger charge is 2.33. The van der Waals surface area contributed by atoms with E-state index in [2.05, 4.69) is 20.7 Å². The van der Waals surface area contributed by atoms with Gasteiger partial charge in [0.25, 0.3) is 5.91 Å². The summed E-state index contributed by atoms with van der Waals surface area (Å²) < 4.78 is 7.62. The van der Waals surface area contributed by atoms with Gasteiger partial charge >= 0.3 is 0 Å². The summed E-state index contributed by atoms with van der Waals surface area (Å²) in [5.41, 5.74) is 3.68. The maximum atomic E-state index is 13.4. The molecule has 9 heteroatoms. The maximum absolute atomic E-state index is 13.4. The second-order valence-corrected chi connectivity index (χ2v) is 8.85. The van der Waals surface area contributed by atoms with Gasteiger partial charge in [0.15, 0.2) is 0 Å². The summed E-state index contributed by atoms with van der Waals surface area (Å²) in [6, 6.07) is 21.7. The van der Waals surface area contributed by atoms with Gasteiger partial charge in [0.05, 0.1) is 5.57 Å². The van der Waals surface area contributed by atoms with Crippen molar-refractivity contribution in [1.29, 1.82) is 0 Å². The van der Waals surface area contributed by atoms with E-state index < -0.39 is 6.04 Å². The number of anilines is 2. The Hall–Kier alpha value is -3.81. The number of ether oxygens (including phenoxy) is 1. The number of hydrogen-bond donors (Lipinski definition) is 2. The van der Waals surface area contributed by atoms with Crippen LogP contribution in [0.15, 0.2) is 90.4 Å². The van der Waals surface area contributed by atoms with Gasteiger partial charge in [-0.3, -0.25) is 4.79 Å². The normalized spacial score (nSPS) is 14.8. The van der Waals surface area contributed by atoms with Crippen LogP contribution in [0.25, 0.3) is 0 Å². The van der Waals surface area contributed by atoms with Gasteiger partial charge in [-0.25, -0.2) is 4.68 Å². The number of rotatable bonds is 6. The second-order valence-electron chi connectivity index (χ2n) is 8.01. The van der Waals surface area contributed by atoms with Gasteiger partial charge < -0.3 is 15.4 Å². The van der Waals surface area contributed by atoms with E-state index in [1.54, 1.807) is 16.8 Å². The molecule has 1 aliphatic rings. The van der Waals surface area contributed by atoms with Gasteiger partial charge in [0, 0.05) is 27.0 Å². The Morgan fingerprint density at radius 3 is 2.60 bits per heavy atom. The Balaban J connectivity index is 1.40. The lowest BCUT2D eigenvalue weighted by molar-refractivity contribution is -0.113. The molecule has 0 spiro atoms. The summed E-state index contributed by atoms with van der Waals surface area (Å²) >= 11 is 12.2. The standard InChI is InChI=1S/C26H21Cl2N5O2/c1-16-23(25(34)32-20-5-3-2-4-6-20)24(33-26(31-16)29-15-30-33)17-8-11-21(12-9-17)35-14-18-7-10-19(27)13-22(18)28/h2-13,15,24H,14H2,1H3,(H,32,34)(H,29,30,31)/t24-/m0/s1. The molecule has 7 nitrogen and oxygen atoms in total. The number of carbonyl (C=O) groups excluding carboxylic acids is 1. The van der Waals surface area contributed by atoms with E-state index >= 15 is 0 Å². The molecule has 0 aliphatic carbocycles. The molecule has 1 aromatic heterocycles. The Morgan fingerprint density at radius 1 is 1.09 bits per heavy atom. The molecule has 3 aromatic carbocycles. The zero-order valence-electron chi connectivity index (χ0n) is 18.7. The van der Waals surface area contributed by atoms with Gasteiger partial charge in [0.2, 0.25) is 5.95 Å². The van der Waals surface area contributed by atoms with Gasteiger partial charge in [-0.15, -0.1) is 0 Å². The van der Waals surface area contributed by atoms with Gasteiger partial charge in [-0.05, 0) is 48.9 Å². The van der Waals surface area contributed by atoms with Crippen molar-refractivity contribution in [2.45, 2.75) is 19.6 Å². The molecule has 2 N–H and O–H groups in total. The molecule has 0 saturated heterocycles. The summed E-state index contributed by atoms with van der Waals surface area (Å²) in [5.74, 6) is 1.02. The van der Waals surface area contributed by atoms with Crippen molar-refractivity contribution in [3.05, 3.63) is 112 Å². The summed E-state index contributed by atoms with van der Waals surface area (Å²) in [6.07, 6.45) is 1.47. The number of allylic oxidation sites excluding steroid dienone is 1. The van der Waals surface area contributed by atoms with E-state index in [0.717, 1.165) is 11.1 Å². The molecule has 0 radical (unpaired) electrons. The molecule has 176 valence electrons. The highest BCUT2D eigenvalue weighted by molar-refractivity contribution is 6.35. The lowest BCUT2D eigenvalue weighted by Crippen LogP contribution is -2.31. The van der Waals surface area contributed by atoms with Crippen LogP contribution in [0.3, 0.4) is 0 Å². The number of para-hydroxylation sites is 1. The van der Waals surface area contributed by atoms with E-state index in [1.807, 2.05) is 67.6 Å². The topological polar surface area (TPSA) is 81.1 Å². The predicted octanol–water partition coefficient (Wildman–Crippen LogP) is 6.09. The third-order valence-electron chi connectivity index (χ3n) is 5.68. The number of hydrogen-bond acceptors (Lipinski definition) is 5. The SMILES string of the molecule is CC1=C(C(=O)Nc2ccccc2)[C@H](c2ccc(OCc3ccc(Cl)cc3Cl)cc2)n2ncnc2N1. The third-order valence-corrected chi connectivity index (χ3v) is 6.26. The summed E-state index contributed by atoms with van der Waals surface area (Å²) in [6.45, 7) is 2.16. The van der Waals surface area contributed by atoms with E-state index in [0.29, 0.717) is 45.3 Å². The van der Waals surface area contributed by atoms with E-state index in [-0.39, 0.29) is 5.91 Å². The van der Waals surface area contributed by atoms with Gasteiger partial charge in [0.1, 0.15) is 24.7 Å². The van der Waals surface area contributed by atoms with Crippen molar-refractivity contribution in [2.24, 2.45) is 0 Å². The number of benzene rings is 3. The molecule has 0 fully saturated rings. The third kappa shape index (κ3) is 4.87. The second kappa shape index (κ2) is 9.82. The quantitative estimate of drug-likeness (QED) is 0.331. The summed E-state index contributed by atoms with van der Waals surface area (Å²) in [5, 5.41) is 11.7. The highest BCUT2D eigenvalue weighted by Crippen LogP contribution is 2.36. The first-order valence-electron chi connectivity index (χ1n) is 10.9. The molecular formula is C26H21Cl2N5O2.